The number of aliphatic hydroxyl groups excluding tert-OH is 1. The average molecular weight is 472 g/mol. The zero-order valence-corrected chi connectivity index (χ0v) is 20.2. The summed E-state index contributed by atoms with van der Waals surface area (Å²) in [5, 5.41) is 14.1. The number of fused-ring (bicyclic) bond motifs is 1. The fraction of sp³-hybridized carbons (Fsp3) is 0.393. The van der Waals surface area contributed by atoms with E-state index in [1.807, 2.05) is 34.0 Å². The van der Waals surface area contributed by atoms with Crippen LogP contribution in [0.2, 0.25) is 0 Å². The third-order valence-electron chi connectivity index (χ3n) is 7.10. The van der Waals surface area contributed by atoms with Gasteiger partial charge in [-0.2, -0.15) is 0 Å². The Morgan fingerprint density at radius 1 is 1.17 bits per heavy atom. The summed E-state index contributed by atoms with van der Waals surface area (Å²) in [5.41, 5.74) is 3.34. The van der Waals surface area contributed by atoms with Crippen molar-refractivity contribution in [1.82, 2.24) is 19.4 Å². The highest BCUT2D eigenvalue weighted by molar-refractivity contribution is 5.96. The molecule has 0 radical (unpaired) electrons. The molecule has 1 amide bonds. The van der Waals surface area contributed by atoms with E-state index in [0.717, 1.165) is 60.3 Å². The number of aromatic nitrogens is 3. The van der Waals surface area contributed by atoms with Gasteiger partial charge >= 0.3 is 0 Å². The number of anilines is 1. The van der Waals surface area contributed by atoms with Gasteiger partial charge in [0.2, 0.25) is 0 Å². The highest BCUT2D eigenvalue weighted by Crippen LogP contribution is 2.27. The van der Waals surface area contributed by atoms with Crippen LogP contribution in [0.3, 0.4) is 0 Å². The molecule has 5 rings (SSSR count). The Morgan fingerprint density at radius 3 is 2.80 bits per heavy atom. The lowest BCUT2D eigenvalue weighted by atomic mass is 9.94. The first-order chi connectivity index (χ1) is 17.1. The van der Waals surface area contributed by atoms with Gasteiger partial charge < -0.3 is 19.9 Å². The second-order valence-corrected chi connectivity index (χ2v) is 9.50. The molecule has 2 aliphatic rings. The minimum atomic E-state index is 0.00656. The quantitative estimate of drug-likeness (QED) is 0.530. The van der Waals surface area contributed by atoms with Crippen molar-refractivity contribution in [3.63, 3.8) is 0 Å². The van der Waals surface area contributed by atoms with Crippen LogP contribution in [0.25, 0.3) is 16.6 Å². The van der Waals surface area contributed by atoms with Crippen LogP contribution in [0.4, 0.5) is 5.82 Å². The number of carbonyl (C=O) groups excluding carboxylic acids is 1. The van der Waals surface area contributed by atoms with E-state index in [0.29, 0.717) is 17.9 Å². The maximum Gasteiger partial charge on any atom is 0.255 e. The number of nitrogens with one attached hydrogen (secondary N) is 1. The van der Waals surface area contributed by atoms with Crippen LogP contribution in [-0.2, 0) is 6.42 Å². The van der Waals surface area contributed by atoms with E-state index in [1.165, 1.54) is 6.42 Å². The molecular weight excluding hydrogens is 438 g/mol. The average Bonchev–Trinajstić information content (AvgIpc) is 3.33. The van der Waals surface area contributed by atoms with Crippen molar-refractivity contribution in [2.45, 2.75) is 45.1 Å². The van der Waals surface area contributed by atoms with Gasteiger partial charge in [0.15, 0.2) is 0 Å². The molecule has 1 aliphatic heterocycles. The number of hydrogen-bond acceptors (Lipinski definition) is 5. The van der Waals surface area contributed by atoms with Gasteiger partial charge in [-0.3, -0.25) is 4.79 Å². The van der Waals surface area contributed by atoms with E-state index in [9.17, 15) is 9.90 Å². The second kappa shape index (κ2) is 10.4. The summed E-state index contributed by atoms with van der Waals surface area (Å²) in [6, 6.07) is 6.28. The molecule has 35 heavy (non-hydrogen) atoms. The number of rotatable bonds is 7. The Hall–Kier alpha value is -3.45. The predicted molar refractivity (Wildman–Crippen MR) is 139 cm³/mol. The molecule has 182 valence electrons. The van der Waals surface area contributed by atoms with Gasteiger partial charge in [-0.1, -0.05) is 24.3 Å². The van der Waals surface area contributed by atoms with E-state index in [4.69, 9.17) is 0 Å². The summed E-state index contributed by atoms with van der Waals surface area (Å²) in [5.74, 6) is 1.27. The molecule has 2 aromatic heterocycles. The molecule has 1 aromatic carbocycles. The Morgan fingerprint density at radius 2 is 2.03 bits per heavy atom. The molecule has 7 heteroatoms. The van der Waals surface area contributed by atoms with Crippen molar-refractivity contribution in [2.75, 3.05) is 25.0 Å². The highest BCUT2D eigenvalue weighted by Gasteiger charge is 2.23. The number of hydrogen-bond donors (Lipinski definition) is 2. The fourth-order valence-electron chi connectivity index (χ4n) is 5.04. The van der Waals surface area contributed by atoms with E-state index >= 15 is 0 Å². The van der Waals surface area contributed by atoms with E-state index in [1.54, 1.807) is 6.33 Å². The van der Waals surface area contributed by atoms with Gasteiger partial charge in [0.1, 0.15) is 12.1 Å². The monoisotopic (exact) mass is 471 g/mol. The first-order valence-corrected chi connectivity index (χ1v) is 12.6. The maximum absolute atomic E-state index is 13.3. The minimum Gasteiger partial charge on any atom is -0.396 e. The van der Waals surface area contributed by atoms with Crippen molar-refractivity contribution in [2.24, 2.45) is 5.92 Å². The molecule has 1 fully saturated rings. The van der Waals surface area contributed by atoms with Crippen LogP contribution in [0.5, 0.6) is 0 Å². The summed E-state index contributed by atoms with van der Waals surface area (Å²) in [6.07, 6.45) is 18.8. The van der Waals surface area contributed by atoms with Crippen LogP contribution in [0.1, 0.15) is 48.5 Å². The zero-order chi connectivity index (χ0) is 24.2. The number of piperidine rings is 1. The van der Waals surface area contributed by atoms with Crippen LogP contribution in [-0.4, -0.2) is 56.2 Å². The molecule has 3 heterocycles. The molecule has 2 atom stereocenters. The van der Waals surface area contributed by atoms with Gasteiger partial charge in [0, 0.05) is 55.1 Å². The number of carbonyl (C=O) groups is 1. The Kier molecular flexibility index (Phi) is 6.95. The van der Waals surface area contributed by atoms with E-state index in [-0.39, 0.29) is 18.6 Å². The Bertz CT molecular complexity index is 1260. The lowest BCUT2D eigenvalue weighted by Crippen LogP contribution is -2.35. The normalized spacial score (nSPS) is 18.7. The second-order valence-electron chi connectivity index (χ2n) is 9.50. The Labute approximate surface area is 206 Å². The largest absolute Gasteiger partial charge is 0.396 e. The summed E-state index contributed by atoms with van der Waals surface area (Å²) in [7, 11) is 0. The standard InChI is InChI=1S/C28H33N5O2/c1-20(21-8-4-2-5-9-21)31-27-24-16-23(10-11-26(24)29-19-30-27)33-17-22(12-15-34)25(18-33)28(35)32-13-6-3-7-14-32/h2,4-5,8,10-11,16-21,34H,3,6-7,9,12-15H2,1H3,(H,29,30,31). The number of allylic oxidation sites excluding steroid dienone is 3. The first kappa shape index (κ1) is 23.3. The van der Waals surface area contributed by atoms with Crippen LogP contribution < -0.4 is 5.32 Å². The summed E-state index contributed by atoms with van der Waals surface area (Å²) < 4.78 is 1.98. The van der Waals surface area contributed by atoms with Crippen molar-refractivity contribution in [1.29, 1.82) is 0 Å². The summed E-state index contributed by atoms with van der Waals surface area (Å²) in [6.45, 7) is 3.79. The molecule has 2 N–H and O–H groups in total. The van der Waals surface area contributed by atoms with Crippen LogP contribution >= 0.6 is 0 Å². The number of benzene rings is 1. The summed E-state index contributed by atoms with van der Waals surface area (Å²) in [4.78, 5) is 24.2. The van der Waals surface area contributed by atoms with E-state index in [2.05, 4.69) is 52.6 Å². The SMILES string of the molecule is CC(Nc1ncnc2ccc(-n3cc(CCO)c(C(=O)N4CCCCC4)c3)cc12)C1C=CC=CC1. The van der Waals surface area contributed by atoms with Crippen molar-refractivity contribution < 1.29 is 9.90 Å². The Balaban J connectivity index is 1.46. The van der Waals surface area contributed by atoms with Gasteiger partial charge in [-0.05, 0) is 62.8 Å². The van der Waals surface area contributed by atoms with Gasteiger partial charge in [0.25, 0.3) is 5.91 Å². The van der Waals surface area contributed by atoms with Crippen LogP contribution in [0, 0.1) is 5.92 Å². The number of amides is 1. The topological polar surface area (TPSA) is 83.3 Å². The molecule has 0 spiro atoms. The van der Waals surface area contributed by atoms with Gasteiger partial charge in [0.05, 0.1) is 11.1 Å². The smallest absolute Gasteiger partial charge is 0.255 e. The molecule has 1 saturated heterocycles. The van der Waals surface area contributed by atoms with Crippen molar-refractivity contribution in [3.8, 4) is 5.69 Å². The lowest BCUT2D eigenvalue weighted by molar-refractivity contribution is 0.0723. The van der Waals surface area contributed by atoms with E-state index < -0.39 is 0 Å². The molecule has 3 aromatic rings. The number of aliphatic hydroxyl groups is 1. The van der Waals surface area contributed by atoms with Gasteiger partial charge in [-0.15, -0.1) is 0 Å². The number of nitrogens with zero attached hydrogens (tertiary/aromatic N) is 4. The molecule has 0 saturated carbocycles. The highest BCUT2D eigenvalue weighted by atomic mass is 16.3. The van der Waals surface area contributed by atoms with Crippen molar-refractivity contribution >= 4 is 22.6 Å². The van der Waals surface area contributed by atoms with Gasteiger partial charge in [-0.25, -0.2) is 9.97 Å². The zero-order valence-electron chi connectivity index (χ0n) is 20.2. The third-order valence-corrected chi connectivity index (χ3v) is 7.10. The minimum absolute atomic E-state index is 0.00656. The molecule has 1 aliphatic carbocycles. The van der Waals surface area contributed by atoms with Crippen molar-refractivity contribution in [3.05, 3.63) is 72.4 Å². The molecule has 0 bridgehead atoms. The first-order valence-electron chi connectivity index (χ1n) is 12.6. The maximum atomic E-state index is 13.3. The third kappa shape index (κ3) is 5.00. The molecule has 7 nitrogen and oxygen atoms in total. The molecular formula is C28H33N5O2. The van der Waals surface area contributed by atoms with Crippen LogP contribution in [0.15, 0.2) is 61.2 Å². The number of likely N-dealkylation sites (tertiary alicyclic amines) is 1. The summed E-state index contributed by atoms with van der Waals surface area (Å²) >= 11 is 0. The predicted octanol–water partition coefficient (Wildman–Crippen LogP) is 4.51. The molecule has 2 unspecified atom stereocenters. The fourth-order valence-corrected chi connectivity index (χ4v) is 5.04. The lowest BCUT2D eigenvalue weighted by Gasteiger charge is -2.26.